The molecule has 27 heavy (non-hydrogen) atoms. The van der Waals surface area contributed by atoms with Crippen molar-refractivity contribution in [3.63, 3.8) is 0 Å². The Morgan fingerprint density at radius 3 is 2.30 bits per heavy atom. The summed E-state index contributed by atoms with van der Waals surface area (Å²) in [5, 5.41) is 0. The van der Waals surface area contributed by atoms with Gasteiger partial charge in [0.1, 0.15) is 5.75 Å². The third-order valence-electron chi connectivity index (χ3n) is 3.77. The number of morpholine rings is 1. The van der Waals surface area contributed by atoms with Gasteiger partial charge in [0.2, 0.25) is 15.9 Å². The van der Waals surface area contributed by atoms with E-state index in [4.69, 9.17) is 4.74 Å². The first-order valence-electron chi connectivity index (χ1n) is 8.25. The summed E-state index contributed by atoms with van der Waals surface area (Å²) >= 11 is 0. The number of halogens is 3. The van der Waals surface area contributed by atoms with Crippen molar-refractivity contribution in [2.75, 3.05) is 19.6 Å². The normalized spacial score (nSPS) is 21.1. The minimum absolute atomic E-state index is 0.0338. The van der Waals surface area contributed by atoms with Gasteiger partial charge >= 0.3 is 6.36 Å². The van der Waals surface area contributed by atoms with Gasteiger partial charge in [-0.15, -0.1) is 13.2 Å². The molecule has 152 valence electrons. The number of carbonyl (C=O) groups is 1. The first-order chi connectivity index (χ1) is 12.5. The molecule has 0 aliphatic carbocycles. The predicted molar refractivity (Wildman–Crippen MR) is 89.5 cm³/mol. The lowest BCUT2D eigenvalue weighted by molar-refractivity contribution is -0.274. The third kappa shape index (κ3) is 6.67. The van der Waals surface area contributed by atoms with E-state index in [-0.39, 0.29) is 36.0 Å². The van der Waals surface area contributed by atoms with Gasteiger partial charge in [-0.25, -0.2) is 13.1 Å². The number of hydrogen-bond acceptors (Lipinski definition) is 5. The molecule has 0 unspecified atom stereocenters. The van der Waals surface area contributed by atoms with Gasteiger partial charge in [-0.05, 0) is 38.1 Å². The van der Waals surface area contributed by atoms with E-state index in [1.54, 1.807) is 4.90 Å². The Kier molecular flexibility index (Phi) is 6.71. The van der Waals surface area contributed by atoms with Crippen molar-refractivity contribution in [2.45, 2.75) is 43.7 Å². The summed E-state index contributed by atoms with van der Waals surface area (Å²) in [4.78, 5) is 13.6. The summed E-state index contributed by atoms with van der Waals surface area (Å²) in [5.74, 6) is -0.721. The standard InChI is InChI=1S/C16H21F3N2O5S/c1-11-9-21(10-12(2)25-11)15(22)7-8-20-27(23,24)14-5-3-13(4-6-14)26-16(17,18)19/h3-6,11-12,20H,7-10H2,1-2H3/t11-,12+. The number of nitrogens with zero attached hydrogens (tertiary/aromatic N) is 1. The Hall–Kier alpha value is -1.85. The highest BCUT2D eigenvalue weighted by Crippen LogP contribution is 2.23. The molecule has 0 aromatic heterocycles. The number of nitrogens with one attached hydrogen (secondary N) is 1. The molecule has 1 amide bonds. The van der Waals surface area contributed by atoms with Gasteiger partial charge in [0, 0.05) is 26.1 Å². The number of benzene rings is 1. The molecule has 0 bridgehead atoms. The number of sulfonamides is 1. The van der Waals surface area contributed by atoms with Crippen LogP contribution in [0.15, 0.2) is 29.2 Å². The van der Waals surface area contributed by atoms with Gasteiger partial charge in [0.05, 0.1) is 17.1 Å². The highest BCUT2D eigenvalue weighted by molar-refractivity contribution is 7.89. The van der Waals surface area contributed by atoms with Crippen molar-refractivity contribution in [2.24, 2.45) is 0 Å². The van der Waals surface area contributed by atoms with Crippen LogP contribution >= 0.6 is 0 Å². The molecule has 2 rings (SSSR count). The van der Waals surface area contributed by atoms with E-state index in [0.717, 1.165) is 24.3 Å². The molecule has 0 saturated carbocycles. The lowest BCUT2D eigenvalue weighted by Gasteiger charge is -2.35. The van der Waals surface area contributed by atoms with Gasteiger partial charge in [-0.2, -0.15) is 0 Å². The highest BCUT2D eigenvalue weighted by atomic mass is 32.2. The average molecular weight is 410 g/mol. The minimum atomic E-state index is -4.85. The second-order valence-corrected chi connectivity index (χ2v) is 7.99. The number of rotatable bonds is 6. The number of carbonyl (C=O) groups excluding carboxylic acids is 1. The van der Waals surface area contributed by atoms with Gasteiger partial charge in [0.15, 0.2) is 0 Å². The first-order valence-corrected chi connectivity index (χ1v) is 9.73. The van der Waals surface area contributed by atoms with Crippen LogP contribution in [0, 0.1) is 0 Å². The van der Waals surface area contributed by atoms with E-state index in [2.05, 4.69) is 9.46 Å². The molecule has 1 aliphatic heterocycles. The van der Waals surface area contributed by atoms with Crippen molar-refractivity contribution < 1.29 is 35.9 Å². The van der Waals surface area contributed by atoms with Gasteiger partial charge in [-0.3, -0.25) is 4.79 Å². The van der Waals surface area contributed by atoms with Gasteiger partial charge in [-0.1, -0.05) is 0 Å². The number of ether oxygens (including phenoxy) is 2. The summed E-state index contributed by atoms with van der Waals surface area (Å²) < 4.78 is 72.2. The molecule has 1 heterocycles. The largest absolute Gasteiger partial charge is 0.573 e. The summed E-state index contributed by atoms with van der Waals surface area (Å²) in [6.07, 6.45) is -5.07. The fraction of sp³-hybridized carbons (Fsp3) is 0.562. The van der Waals surface area contributed by atoms with Crippen LogP contribution < -0.4 is 9.46 Å². The van der Waals surface area contributed by atoms with Gasteiger partial charge < -0.3 is 14.4 Å². The fourth-order valence-corrected chi connectivity index (χ4v) is 3.77. The van der Waals surface area contributed by atoms with E-state index < -0.39 is 22.1 Å². The smallest absolute Gasteiger partial charge is 0.406 e. The van der Waals surface area contributed by atoms with Crippen molar-refractivity contribution in [1.29, 1.82) is 0 Å². The molecule has 1 aromatic rings. The number of alkyl halides is 3. The van der Waals surface area contributed by atoms with E-state index in [0.29, 0.717) is 13.1 Å². The SMILES string of the molecule is C[C@@H]1CN(C(=O)CCNS(=O)(=O)c2ccc(OC(F)(F)F)cc2)C[C@H](C)O1. The number of hydrogen-bond donors (Lipinski definition) is 1. The molecular weight excluding hydrogens is 389 g/mol. The Morgan fingerprint density at radius 2 is 1.78 bits per heavy atom. The van der Waals surface area contributed by atoms with Crippen molar-refractivity contribution >= 4 is 15.9 Å². The van der Waals surface area contributed by atoms with Crippen LogP contribution in [-0.2, 0) is 19.6 Å². The van der Waals surface area contributed by atoms with E-state index in [1.165, 1.54) is 0 Å². The maximum absolute atomic E-state index is 12.2. The summed E-state index contributed by atoms with van der Waals surface area (Å²) in [6, 6.07) is 3.81. The van der Waals surface area contributed by atoms with Gasteiger partial charge in [0.25, 0.3) is 0 Å². The zero-order chi connectivity index (χ0) is 20.2. The molecule has 1 saturated heterocycles. The molecular formula is C16H21F3N2O5S. The van der Waals surface area contributed by atoms with Crippen LogP contribution in [0.3, 0.4) is 0 Å². The maximum Gasteiger partial charge on any atom is 0.573 e. The summed E-state index contributed by atoms with van der Waals surface area (Å²) in [7, 11) is -3.95. The van der Waals surface area contributed by atoms with Crippen molar-refractivity contribution in [1.82, 2.24) is 9.62 Å². The molecule has 1 aliphatic rings. The second kappa shape index (κ2) is 8.44. The molecule has 11 heteroatoms. The van der Waals surface area contributed by atoms with Crippen molar-refractivity contribution in [3.05, 3.63) is 24.3 Å². The molecule has 2 atom stereocenters. The lowest BCUT2D eigenvalue weighted by Crippen LogP contribution is -2.48. The maximum atomic E-state index is 12.2. The molecule has 1 N–H and O–H groups in total. The van der Waals surface area contributed by atoms with E-state index >= 15 is 0 Å². The Balaban J connectivity index is 1.88. The Morgan fingerprint density at radius 1 is 1.22 bits per heavy atom. The fourth-order valence-electron chi connectivity index (χ4n) is 2.74. The Bertz CT molecular complexity index is 742. The topological polar surface area (TPSA) is 84.9 Å². The molecule has 1 fully saturated rings. The highest BCUT2D eigenvalue weighted by Gasteiger charge is 2.31. The summed E-state index contributed by atoms with van der Waals surface area (Å²) in [5.41, 5.74) is 0. The zero-order valence-corrected chi connectivity index (χ0v) is 15.6. The van der Waals surface area contributed by atoms with Crippen LogP contribution in [0.2, 0.25) is 0 Å². The van der Waals surface area contributed by atoms with Crippen LogP contribution in [0.1, 0.15) is 20.3 Å². The minimum Gasteiger partial charge on any atom is -0.406 e. The van der Waals surface area contributed by atoms with Crippen LogP contribution in [-0.4, -0.2) is 57.4 Å². The quantitative estimate of drug-likeness (QED) is 0.774. The van der Waals surface area contributed by atoms with Crippen LogP contribution in [0.4, 0.5) is 13.2 Å². The van der Waals surface area contributed by atoms with E-state index in [9.17, 15) is 26.4 Å². The molecule has 7 nitrogen and oxygen atoms in total. The lowest BCUT2D eigenvalue weighted by atomic mass is 10.2. The molecule has 1 aromatic carbocycles. The second-order valence-electron chi connectivity index (χ2n) is 6.22. The van der Waals surface area contributed by atoms with E-state index in [1.807, 2.05) is 13.8 Å². The number of amides is 1. The molecule has 0 spiro atoms. The molecule has 0 radical (unpaired) electrons. The van der Waals surface area contributed by atoms with Crippen LogP contribution in [0.5, 0.6) is 5.75 Å². The monoisotopic (exact) mass is 410 g/mol. The predicted octanol–water partition coefficient (Wildman–Crippen LogP) is 1.89. The Labute approximate surface area is 155 Å². The summed E-state index contributed by atoms with van der Waals surface area (Å²) in [6.45, 7) is 4.46. The van der Waals surface area contributed by atoms with Crippen LogP contribution in [0.25, 0.3) is 0 Å². The zero-order valence-electron chi connectivity index (χ0n) is 14.8. The average Bonchev–Trinajstić information content (AvgIpc) is 2.52. The first kappa shape index (κ1) is 21.5. The van der Waals surface area contributed by atoms with Crippen molar-refractivity contribution in [3.8, 4) is 5.75 Å². The third-order valence-corrected chi connectivity index (χ3v) is 5.25.